The summed E-state index contributed by atoms with van der Waals surface area (Å²) in [5, 5.41) is 8.33. The van der Waals surface area contributed by atoms with Crippen LogP contribution >= 0.6 is 11.5 Å². The second-order valence-electron chi connectivity index (χ2n) is 3.65. The summed E-state index contributed by atoms with van der Waals surface area (Å²) in [7, 11) is 1.90. The predicted octanol–water partition coefficient (Wildman–Crippen LogP) is 2.61. The van der Waals surface area contributed by atoms with Gasteiger partial charge in [0.25, 0.3) is 0 Å². The molecule has 1 aromatic carbocycles. The van der Waals surface area contributed by atoms with Gasteiger partial charge in [-0.15, -0.1) is 5.10 Å². The van der Waals surface area contributed by atoms with Crippen LogP contribution < -0.4 is 10.2 Å². The monoisotopic (exact) mass is 248 g/mol. The second kappa shape index (κ2) is 5.63. The lowest BCUT2D eigenvalue weighted by atomic mass is 10.2. The van der Waals surface area contributed by atoms with Crippen LogP contribution in [0.15, 0.2) is 30.3 Å². The molecule has 2 rings (SSSR count). The number of nitrogens with one attached hydrogen (secondary N) is 1. The number of para-hydroxylation sites is 1. The molecule has 0 unspecified atom stereocenters. The summed E-state index contributed by atoms with van der Waals surface area (Å²) >= 11 is 1.40. The molecule has 0 radical (unpaired) electrons. The fraction of sp³-hybridized carbons (Fsp3) is 0.333. The maximum Gasteiger partial charge on any atom is 0.134 e. The molecule has 0 aliphatic heterocycles. The van der Waals surface area contributed by atoms with Gasteiger partial charge in [0, 0.05) is 30.8 Å². The van der Waals surface area contributed by atoms with E-state index in [1.807, 2.05) is 13.1 Å². The molecule has 1 heterocycles. The molecule has 0 amide bonds. The third-order valence-corrected chi connectivity index (χ3v) is 3.41. The number of hydrogen-bond donors (Lipinski definition) is 1. The fourth-order valence-corrected chi connectivity index (χ4v) is 2.23. The number of benzene rings is 1. The maximum atomic E-state index is 4.16. The topological polar surface area (TPSA) is 41.1 Å². The van der Waals surface area contributed by atoms with Gasteiger partial charge in [-0.25, -0.2) is 0 Å². The minimum Gasteiger partial charge on any atom is -0.377 e. The Hall–Kier alpha value is -1.62. The Bertz CT molecular complexity index is 455. The molecule has 1 N–H and O–H groups in total. The molecule has 0 saturated carbocycles. The van der Waals surface area contributed by atoms with Crippen LogP contribution in [0.1, 0.15) is 12.6 Å². The van der Waals surface area contributed by atoms with Crippen molar-refractivity contribution in [3.05, 3.63) is 36.0 Å². The van der Waals surface area contributed by atoms with Crippen molar-refractivity contribution in [2.75, 3.05) is 23.8 Å². The van der Waals surface area contributed by atoms with Gasteiger partial charge in [-0.05, 0) is 19.1 Å². The summed E-state index contributed by atoms with van der Waals surface area (Å²) < 4.78 is 3.98. The molecular formula is C12H16N4S. The number of hydrogen-bond acceptors (Lipinski definition) is 5. The van der Waals surface area contributed by atoms with Crippen LogP contribution in [-0.2, 0) is 6.54 Å². The quantitative estimate of drug-likeness (QED) is 0.883. The van der Waals surface area contributed by atoms with Crippen molar-refractivity contribution in [1.82, 2.24) is 9.59 Å². The Morgan fingerprint density at radius 2 is 2.06 bits per heavy atom. The van der Waals surface area contributed by atoms with Crippen molar-refractivity contribution in [2.45, 2.75) is 13.5 Å². The largest absolute Gasteiger partial charge is 0.377 e. The third kappa shape index (κ3) is 2.74. The van der Waals surface area contributed by atoms with Gasteiger partial charge in [-0.2, -0.15) is 0 Å². The lowest BCUT2D eigenvalue weighted by molar-refractivity contribution is 0.805. The lowest BCUT2D eigenvalue weighted by Crippen LogP contribution is -2.22. The van der Waals surface area contributed by atoms with E-state index >= 15 is 0 Å². The highest BCUT2D eigenvalue weighted by molar-refractivity contribution is 7.10. The number of aromatic nitrogens is 2. The minimum atomic E-state index is 0.785. The van der Waals surface area contributed by atoms with Crippen LogP contribution in [0.5, 0.6) is 0 Å². The van der Waals surface area contributed by atoms with E-state index in [2.05, 4.69) is 51.0 Å². The Kier molecular flexibility index (Phi) is 3.93. The molecule has 0 spiro atoms. The standard InChI is InChI=1S/C12H16N4S/c1-3-16(10-7-5-4-6-8-10)9-11-12(13-2)17-15-14-11/h4-8,13H,3,9H2,1-2H3. The summed E-state index contributed by atoms with van der Waals surface area (Å²) in [5.41, 5.74) is 2.22. The molecule has 5 heteroatoms. The van der Waals surface area contributed by atoms with Crippen LogP contribution in [0.3, 0.4) is 0 Å². The van der Waals surface area contributed by atoms with E-state index in [-0.39, 0.29) is 0 Å². The third-order valence-electron chi connectivity index (χ3n) is 2.63. The number of nitrogens with zero attached hydrogens (tertiary/aromatic N) is 3. The molecule has 90 valence electrons. The van der Waals surface area contributed by atoms with Crippen LogP contribution in [0.2, 0.25) is 0 Å². The Balaban J connectivity index is 2.16. The van der Waals surface area contributed by atoms with Gasteiger partial charge in [0.2, 0.25) is 0 Å². The first-order valence-corrected chi connectivity index (χ1v) is 6.41. The Labute approximate surface area is 105 Å². The first-order chi connectivity index (χ1) is 8.35. The van der Waals surface area contributed by atoms with Crippen molar-refractivity contribution in [3.8, 4) is 0 Å². The molecule has 0 saturated heterocycles. The Morgan fingerprint density at radius 3 is 2.71 bits per heavy atom. The lowest BCUT2D eigenvalue weighted by Gasteiger charge is -2.22. The van der Waals surface area contributed by atoms with E-state index in [1.54, 1.807) is 0 Å². The summed E-state index contributed by atoms with van der Waals surface area (Å²) in [6.07, 6.45) is 0. The zero-order chi connectivity index (χ0) is 12.1. The van der Waals surface area contributed by atoms with Gasteiger partial charge in [0.05, 0.1) is 6.54 Å². The Morgan fingerprint density at radius 1 is 1.29 bits per heavy atom. The second-order valence-corrected chi connectivity index (χ2v) is 4.40. The highest BCUT2D eigenvalue weighted by Crippen LogP contribution is 2.21. The summed E-state index contributed by atoms with van der Waals surface area (Å²) in [4.78, 5) is 2.28. The molecular weight excluding hydrogens is 232 g/mol. The highest BCUT2D eigenvalue weighted by Gasteiger charge is 2.11. The average molecular weight is 248 g/mol. The van der Waals surface area contributed by atoms with Gasteiger partial charge in [-0.1, -0.05) is 22.7 Å². The van der Waals surface area contributed by atoms with Crippen molar-refractivity contribution in [1.29, 1.82) is 0 Å². The molecule has 0 fully saturated rings. The van der Waals surface area contributed by atoms with E-state index < -0.39 is 0 Å². The molecule has 0 aliphatic carbocycles. The van der Waals surface area contributed by atoms with Gasteiger partial charge >= 0.3 is 0 Å². The van der Waals surface area contributed by atoms with Crippen molar-refractivity contribution >= 4 is 22.2 Å². The fourth-order valence-electron chi connectivity index (χ4n) is 1.71. The van der Waals surface area contributed by atoms with E-state index in [9.17, 15) is 0 Å². The number of rotatable bonds is 5. The van der Waals surface area contributed by atoms with Gasteiger partial charge in [0.1, 0.15) is 10.7 Å². The zero-order valence-corrected chi connectivity index (χ0v) is 10.9. The van der Waals surface area contributed by atoms with Crippen molar-refractivity contribution < 1.29 is 0 Å². The van der Waals surface area contributed by atoms with E-state index in [1.165, 1.54) is 17.2 Å². The highest BCUT2D eigenvalue weighted by atomic mass is 32.1. The molecule has 0 bridgehead atoms. The van der Waals surface area contributed by atoms with Crippen LogP contribution in [0.4, 0.5) is 10.7 Å². The summed E-state index contributed by atoms with van der Waals surface area (Å²) in [6.45, 7) is 3.88. The maximum absolute atomic E-state index is 4.16. The zero-order valence-electron chi connectivity index (χ0n) is 10.1. The first kappa shape index (κ1) is 11.9. The molecule has 0 aliphatic rings. The summed E-state index contributed by atoms with van der Waals surface area (Å²) in [6, 6.07) is 10.4. The van der Waals surface area contributed by atoms with Crippen molar-refractivity contribution in [2.24, 2.45) is 0 Å². The van der Waals surface area contributed by atoms with Gasteiger partial charge in [-0.3, -0.25) is 0 Å². The summed E-state index contributed by atoms with van der Waals surface area (Å²) in [5.74, 6) is 0. The van der Waals surface area contributed by atoms with E-state index in [4.69, 9.17) is 0 Å². The van der Waals surface area contributed by atoms with E-state index in [0.29, 0.717) is 0 Å². The van der Waals surface area contributed by atoms with Gasteiger partial charge in [0.15, 0.2) is 0 Å². The molecule has 0 atom stereocenters. The molecule has 1 aromatic heterocycles. The SMILES string of the molecule is CCN(Cc1nnsc1NC)c1ccccc1. The first-order valence-electron chi connectivity index (χ1n) is 5.64. The minimum absolute atomic E-state index is 0.785. The average Bonchev–Trinajstić information content (AvgIpc) is 2.84. The van der Waals surface area contributed by atoms with Crippen LogP contribution in [0, 0.1) is 0 Å². The van der Waals surface area contributed by atoms with Crippen molar-refractivity contribution in [3.63, 3.8) is 0 Å². The molecule has 4 nitrogen and oxygen atoms in total. The molecule has 2 aromatic rings. The smallest absolute Gasteiger partial charge is 0.134 e. The van der Waals surface area contributed by atoms with Crippen LogP contribution in [0.25, 0.3) is 0 Å². The van der Waals surface area contributed by atoms with Crippen LogP contribution in [-0.4, -0.2) is 23.2 Å². The number of anilines is 2. The van der Waals surface area contributed by atoms with Gasteiger partial charge < -0.3 is 10.2 Å². The normalized spacial score (nSPS) is 10.2. The predicted molar refractivity (Wildman–Crippen MR) is 72.6 cm³/mol. The van der Waals surface area contributed by atoms with E-state index in [0.717, 1.165) is 23.8 Å². The molecule has 17 heavy (non-hydrogen) atoms.